The van der Waals surface area contributed by atoms with Crippen molar-refractivity contribution < 1.29 is 24.2 Å². The van der Waals surface area contributed by atoms with Crippen molar-refractivity contribution in [2.45, 2.75) is 25.3 Å². The number of rotatable bonds is 6. The lowest BCUT2D eigenvalue weighted by Gasteiger charge is -2.14. The lowest BCUT2D eigenvalue weighted by atomic mass is 10.1. The molecule has 0 saturated heterocycles. The number of amides is 1. The standard InChI is InChI=1S/C15H17NO5/c1-21-15(20)11-4-2-3-10(8-11)13(17)16-12(14(18)19)7-9-5-6-9/h2-4,8-9,12H,5-7H2,1H3,(H,16,17)(H,18,19)/t12-/m1/s1. The van der Waals surface area contributed by atoms with Crippen LogP contribution in [0.4, 0.5) is 0 Å². The van der Waals surface area contributed by atoms with Crippen molar-refractivity contribution in [3.63, 3.8) is 0 Å². The Balaban J connectivity index is 2.07. The van der Waals surface area contributed by atoms with Gasteiger partial charge in [-0.2, -0.15) is 0 Å². The second-order valence-corrected chi connectivity index (χ2v) is 5.12. The molecule has 1 amide bonds. The van der Waals surface area contributed by atoms with Crippen LogP contribution >= 0.6 is 0 Å². The number of nitrogens with one attached hydrogen (secondary N) is 1. The fourth-order valence-corrected chi connectivity index (χ4v) is 2.06. The van der Waals surface area contributed by atoms with E-state index in [0.717, 1.165) is 12.8 Å². The maximum Gasteiger partial charge on any atom is 0.337 e. The second kappa shape index (κ2) is 6.39. The highest BCUT2D eigenvalue weighted by Gasteiger charge is 2.30. The summed E-state index contributed by atoms with van der Waals surface area (Å²) in [6.45, 7) is 0. The van der Waals surface area contributed by atoms with E-state index in [2.05, 4.69) is 10.1 Å². The zero-order valence-electron chi connectivity index (χ0n) is 11.7. The number of hydrogen-bond acceptors (Lipinski definition) is 4. The van der Waals surface area contributed by atoms with Crippen molar-refractivity contribution >= 4 is 17.8 Å². The number of hydrogen-bond donors (Lipinski definition) is 2. The van der Waals surface area contributed by atoms with Gasteiger partial charge in [-0.15, -0.1) is 0 Å². The van der Waals surface area contributed by atoms with E-state index in [1.54, 1.807) is 6.07 Å². The highest BCUT2D eigenvalue weighted by molar-refractivity contribution is 5.99. The quantitative estimate of drug-likeness (QED) is 0.774. The Morgan fingerprint density at radius 3 is 2.57 bits per heavy atom. The molecule has 1 aromatic carbocycles. The first-order valence-electron chi connectivity index (χ1n) is 6.73. The first kappa shape index (κ1) is 15.0. The summed E-state index contributed by atoms with van der Waals surface area (Å²) in [5.41, 5.74) is 0.485. The van der Waals surface area contributed by atoms with Gasteiger partial charge in [0.15, 0.2) is 0 Å². The van der Waals surface area contributed by atoms with Crippen LogP contribution in [0.1, 0.15) is 40.0 Å². The molecule has 1 atom stereocenters. The smallest absolute Gasteiger partial charge is 0.337 e. The third-order valence-electron chi connectivity index (χ3n) is 3.42. The van der Waals surface area contributed by atoms with Crippen molar-refractivity contribution in [1.82, 2.24) is 5.32 Å². The van der Waals surface area contributed by atoms with Crippen LogP contribution < -0.4 is 5.32 Å². The third-order valence-corrected chi connectivity index (χ3v) is 3.42. The van der Waals surface area contributed by atoms with E-state index in [1.807, 2.05) is 0 Å². The number of carbonyl (C=O) groups excluding carboxylic acids is 2. The van der Waals surface area contributed by atoms with Gasteiger partial charge in [0.2, 0.25) is 0 Å². The Morgan fingerprint density at radius 2 is 2.00 bits per heavy atom. The molecular formula is C15H17NO5. The molecule has 6 nitrogen and oxygen atoms in total. The van der Waals surface area contributed by atoms with Crippen LogP contribution in [0.5, 0.6) is 0 Å². The van der Waals surface area contributed by atoms with Crippen molar-refractivity contribution in [2.24, 2.45) is 5.92 Å². The highest BCUT2D eigenvalue weighted by atomic mass is 16.5. The van der Waals surface area contributed by atoms with Crippen LogP contribution in [0.25, 0.3) is 0 Å². The average molecular weight is 291 g/mol. The highest BCUT2D eigenvalue weighted by Crippen LogP contribution is 2.33. The minimum Gasteiger partial charge on any atom is -0.480 e. The molecule has 0 heterocycles. The molecule has 0 aromatic heterocycles. The topological polar surface area (TPSA) is 92.7 Å². The molecule has 1 fully saturated rings. The van der Waals surface area contributed by atoms with E-state index in [-0.39, 0.29) is 11.1 Å². The van der Waals surface area contributed by atoms with Gasteiger partial charge < -0.3 is 15.2 Å². The molecule has 1 aromatic rings. The van der Waals surface area contributed by atoms with Gasteiger partial charge in [0.25, 0.3) is 5.91 Å². The Morgan fingerprint density at radius 1 is 1.33 bits per heavy atom. The fraction of sp³-hybridized carbons (Fsp3) is 0.400. The molecule has 2 rings (SSSR count). The Labute approximate surface area is 122 Å². The molecule has 2 N–H and O–H groups in total. The molecule has 1 saturated carbocycles. The number of ether oxygens (including phenoxy) is 1. The van der Waals surface area contributed by atoms with E-state index < -0.39 is 23.9 Å². The average Bonchev–Trinajstić information content (AvgIpc) is 3.29. The van der Waals surface area contributed by atoms with Crippen LogP contribution in [0, 0.1) is 5.92 Å². The summed E-state index contributed by atoms with van der Waals surface area (Å²) in [6.07, 6.45) is 2.46. The summed E-state index contributed by atoms with van der Waals surface area (Å²) in [6, 6.07) is 5.10. The van der Waals surface area contributed by atoms with Crippen LogP contribution in [0.2, 0.25) is 0 Å². The Bertz CT molecular complexity index is 565. The Hall–Kier alpha value is -2.37. The van der Waals surface area contributed by atoms with Crippen LogP contribution in [-0.4, -0.2) is 36.1 Å². The van der Waals surface area contributed by atoms with E-state index in [9.17, 15) is 14.4 Å². The Kier molecular flexibility index (Phi) is 4.57. The van der Waals surface area contributed by atoms with Crippen LogP contribution in [0.15, 0.2) is 24.3 Å². The molecule has 0 spiro atoms. The molecule has 6 heteroatoms. The molecule has 1 aliphatic rings. The van der Waals surface area contributed by atoms with Crippen molar-refractivity contribution in [3.05, 3.63) is 35.4 Å². The largest absolute Gasteiger partial charge is 0.480 e. The van der Waals surface area contributed by atoms with Gasteiger partial charge in [0.1, 0.15) is 6.04 Å². The summed E-state index contributed by atoms with van der Waals surface area (Å²) in [5, 5.41) is 11.6. The SMILES string of the molecule is COC(=O)c1cccc(C(=O)N[C@H](CC2CC2)C(=O)O)c1. The van der Waals surface area contributed by atoms with Gasteiger partial charge in [0, 0.05) is 5.56 Å². The predicted molar refractivity (Wildman–Crippen MR) is 74.0 cm³/mol. The van der Waals surface area contributed by atoms with Gasteiger partial charge in [0.05, 0.1) is 12.7 Å². The van der Waals surface area contributed by atoms with E-state index in [4.69, 9.17) is 5.11 Å². The monoisotopic (exact) mass is 291 g/mol. The van der Waals surface area contributed by atoms with Gasteiger partial charge >= 0.3 is 11.9 Å². The second-order valence-electron chi connectivity index (χ2n) is 5.12. The van der Waals surface area contributed by atoms with Gasteiger partial charge in [-0.25, -0.2) is 9.59 Å². The maximum atomic E-state index is 12.1. The minimum absolute atomic E-state index is 0.236. The number of carboxylic acid groups (broad SMARTS) is 1. The summed E-state index contributed by atoms with van der Waals surface area (Å²) in [5.74, 6) is -1.71. The normalized spacial score (nSPS) is 15.1. The summed E-state index contributed by atoms with van der Waals surface area (Å²) >= 11 is 0. The number of esters is 1. The lowest BCUT2D eigenvalue weighted by Crippen LogP contribution is -2.41. The minimum atomic E-state index is -1.04. The van der Waals surface area contributed by atoms with Crippen LogP contribution in [0.3, 0.4) is 0 Å². The summed E-state index contributed by atoms with van der Waals surface area (Å²) in [7, 11) is 1.26. The zero-order chi connectivity index (χ0) is 15.4. The van der Waals surface area contributed by atoms with Crippen LogP contribution in [-0.2, 0) is 9.53 Å². The van der Waals surface area contributed by atoms with Crippen molar-refractivity contribution in [2.75, 3.05) is 7.11 Å². The summed E-state index contributed by atoms with van der Waals surface area (Å²) in [4.78, 5) is 34.7. The number of benzene rings is 1. The van der Waals surface area contributed by atoms with Gasteiger partial charge in [-0.1, -0.05) is 18.9 Å². The maximum absolute atomic E-state index is 12.1. The van der Waals surface area contributed by atoms with Crippen molar-refractivity contribution in [3.8, 4) is 0 Å². The number of aliphatic carboxylic acids is 1. The molecule has 21 heavy (non-hydrogen) atoms. The van der Waals surface area contributed by atoms with E-state index in [0.29, 0.717) is 12.3 Å². The third kappa shape index (κ3) is 4.05. The molecule has 0 unspecified atom stereocenters. The van der Waals surface area contributed by atoms with Gasteiger partial charge in [-0.05, 0) is 30.5 Å². The molecule has 0 radical (unpaired) electrons. The zero-order valence-corrected chi connectivity index (χ0v) is 11.7. The summed E-state index contributed by atoms with van der Waals surface area (Å²) < 4.78 is 4.59. The molecule has 112 valence electrons. The van der Waals surface area contributed by atoms with E-state index in [1.165, 1.54) is 25.3 Å². The fourth-order valence-electron chi connectivity index (χ4n) is 2.06. The number of carbonyl (C=O) groups is 3. The van der Waals surface area contributed by atoms with Gasteiger partial charge in [-0.3, -0.25) is 4.79 Å². The number of methoxy groups -OCH3 is 1. The first-order valence-corrected chi connectivity index (χ1v) is 6.73. The predicted octanol–water partition coefficient (Wildman–Crippen LogP) is 1.46. The van der Waals surface area contributed by atoms with E-state index >= 15 is 0 Å². The molecule has 1 aliphatic carbocycles. The van der Waals surface area contributed by atoms with Crippen molar-refractivity contribution in [1.29, 1.82) is 0 Å². The number of carboxylic acids is 1. The first-order chi connectivity index (χ1) is 10.0. The molecule has 0 aliphatic heterocycles. The lowest BCUT2D eigenvalue weighted by molar-refractivity contribution is -0.139. The molecule has 0 bridgehead atoms. The molecular weight excluding hydrogens is 274 g/mol.